The van der Waals surface area contributed by atoms with Crippen molar-refractivity contribution in [2.75, 3.05) is 11.1 Å². The van der Waals surface area contributed by atoms with Crippen molar-refractivity contribution in [1.29, 1.82) is 0 Å². The van der Waals surface area contributed by atoms with Crippen LogP contribution in [0.1, 0.15) is 23.6 Å². The topological polar surface area (TPSA) is 115 Å². The lowest BCUT2D eigenvalue weighted by Crippen LogP contribution is -2.11. The number of nitrogens with two attached hydrogens (primary N) is 2. The molecule has 0 aliphatic heterocycles. The third kappa shape index (κ3) is 10.4. The van der Waals surface area contributed by atoms with Crippen molar-refractivity contribution >= 4 is 27.3 Å². The number of anilines is 2. The zero-order valence-electron chi connectivity index (χ0n) is 17.7. The van der Waals surface area contributed by atoms with Crippen LogP contribution in [0.25, 0.3) is 0 Å². The van der Waals surface area contributed by atoms with Crippen LogP contribution in [-0.4, -0.2) is 14.3 Å². The van der Waals surface area contributed by atoms with Crippen LogP contribution < -0.4 is 16.2 Å². The van der Waals surface area contributed by atoms with E-state index in [2.05, 4.69) is 5.32 Å². The van der Waals surface area contributed by atoms with Crippen molar-refractivity contribution in [3.63, 3.8) is 0 Å². The Morgan fingerprint density at radius 2 is 1.30 bits per heavy atom. The number of amides is 1. The van der Waals surface area contributed by atoms with Gasteiger partial charge in [0.1, 0.15) is 0 Å². The fraction of sp³-hybridized carbons (Fsp3) is 0.174. The minimum atomic E-state index is -3.53. The van der Waals surface area contributed by atoms with Gasteiger partial charge in [0.25, 0.3) is 0 Å². The first kappa shape index (κ1) is 24.9. The summed E-state index contributed by atoms with van der Waals surface area (Å²) in [5.74, 6) is -0.0319. The standard InChI is InChI=1S/C9H11NO.C7H9NO2S.C7H9N/c1-7-4-3-5-9(6-7)10-8(2)11;1-6-3-2-4-7(5-6)11(8,9)10;1-6-3-2-4-7(8)5-6/h3-6H,1-2H3,(H,10,11);2-5H,1H3,(H2,8,9,10);2-5H,8H2,1H3. The summed E-state index contributed by atoms with van der Waals surface area (Å²) in [7, 11) is -3.53. The number of aryl methyl sites for hydroxylation is 3. The zero-order chi connectivity index (χ0) is 22.7. The molecule has 0 atom stereocenters. The molecule has 0 saturated heterocycles. The van der Waals surface area contributed by atoms with Crippen LogP contribution in [-0.2, 0) is 14.8 Å². The first-order chi connectivity index (χ1) is 14.0. The first-order valence-corrected chi connectivity index (χ1v) is 10.8. The normalized spacial score (nSPS) is 10.0. The Kier molecular flexibility index (Phi) is 9.74. The van der Waals surface area contributed by atoms with Gasteiger partial charge in [-0.15, -0.1) is 0 Å². The van der Waals surface area contributed by atoms with Crippen LogP contribution in [0.15, 0.2) is 77.7 Å². The van der Waals surface area contributed by atoms with Crippen molar-refractivity contribution in [3.05, 3.63) is 89.5 Å². The number of nitrogens with one attached hydrogen (secondary N) is 1. The van der Waals surface area contributed by atoms with Gasteiger partial charge in [0.2, 0.25) is 15.9 Å². The first-order valence-electron chi connectivity index (χ1n) is 9.23. The van der Waals surface area contributed by atoms with E-state index in [1.165, 1.54) is 24.6 Å². The SMILES string of the molecule is CC(=O)Nc1cccc(C)c1.Cc1cccc(N)c1.Cc1cccc(S(N)(=O)=O)c1. The van der Waals surface area contributed by atoms with Crippen molar-refractivity contribution in [1.82, 2.24) is 0 Å². The maximum Gasteiger partial charge on any atom is 0.238 e. The summed E-state index contributed by atoms with van der Waals surface area (Å²) in [4.78, 5) is 10.8. The van der Waals surface area contributed by atoms with Crippen LogP contribution in [0.5, 0.6) is 0 Å². The Morgan fingerprint density at radius 1 is 0.800 bits per heavy atom. The summed E-state index contributed by atoms with van der Waals surface area (Å²) in [6.07, 6.45) is 0. The molecule has 6 nitrogen and oxygen atoms in total. The second kappa shape index (κ2) is 11.7. The fourth-order valence-electron chi connectivity index (χ4n) is 2.39. The fourth-order valence-corrected chi connectivity index (χ4v) is 3.01. The molecule has 0 unspecified atom stereocenters. The summed E-state index contributed by atoms with van der Waals surface area (Å²) >= 11 is 0. The van der Waals surface area contributed by atoms with Crippen molar-refractivity contribution in [3.8, 4) is 0 Å². The molecule has 0 aromatic heterocycles. The predicted octanol–water partition coefficient (Wildman–Crippen LogP) is 4.17. The van der Waals surface area contributed by atoms with Gasteiger partial charge in [-0.1, -0.05) is 36.4 Å². The quantitative estimate of drug-likeness (QED) is 0.532. The second-order valence-electron chi connectivity index (χ2n) is 6.83. The Labute approximate surface area is 179 Å². The highest BCUT2D eigenvalue weighted by Gasteiger charge is 2.05. The molecule has 0 spiro atoms. The molecule has 0 aliphatic rings. The molecule has 0 heterocycles. The van der Waals surface area contributed by atoms with E-state index in [1.807, 2.05) is 75.4 Å². The minimum Gasteiger partial charge on any atom is -0.399 e. The zero-order valence-corrected chi connectivity index (χ0v) is 18.5. The highest BCUT2D eigenvalue weighted by molar-refractivity contribution is 7.89. The van der Waals surface area contributed by atoms with E-state index in [1.54, 1.807) is 6.07 Å². The van der Waals surface area contributed by atoms with E-state index in [9.17, 15) is 13.2 Å². The molecule has 3 rings (SSSR count). The Morgan fingerprint density at radius 3 is 1.67 bits per heavy atom. The van der Waals surface area contributed by atoms with Gasteiger partial charge < -0.3 is 11.1 Å². The second-order valence-corrected chi connectivity index (χ2v) is 8.39. The molecule has 1 amide bonds. The summed E-state index contributed by atoms with van der Waals surface area (Å²) < 4.78 is 21.5. The lowest BCUT2D eigenvalue weighted by atomic mass is 10.2. The van der Waals surface area contributed by atoms with Gasteiger partial charge in [-0.25, -0.2) is 13.6 Å². The number of sulfonamides is 1. The number of hydrogen-bond donors (Lipinski definition) is 3. The summed E-state index contributed by atoms with van der Waals surface area (Å²) in [5, 5.41) is 7.60. The van der Waals surface area contributed by atoms with Gasteiger partial charge in [0, 0.05) is 18.3 Å². The number of hydrogen-bond acceptors (Lipinski definition) is 4. The van der Waals surface area contributed by atoms with E-state index in [0.29, 0.717) is 0 Å². The Balaban J connectivity index is 0.000000228. The van der Waals surface area contributed by atoms with Crippen LogP contribution in [0.2, 0.25) is 0 Å². The predicted molar refractivity (Wildman–Crippen MR) is 124 cm³/mol. The van der Waals surface area contributed by atoms with Crippen molar-refractivity contribution < 1.29 is 13.2 Å². The van der Waals surface area contributed by atoms with Crippen LogP contribution in [0, 0.1) is 20.8 Å². The van der Waals surface area contributed by atoms with E-state index >= 15 is 0 Å². The van der Waals surface area contributed by atoms with Crippen LogP contribution in [0.3, 0.4) is 0 Å². The molecule has 0 aliphatic carbocycles. The number of nitrogen functional groups attached to an aromatic ring is 1. The van der Waals surface area contributed by atoms with Gasteiger partial charge >= 0.3 is 0 Å². The average molecular weight is 428 g/mol. The van der Waals surface area contributed by atoms with Crippen molar-refractivity contribution in [2.24, 2.45) is 5.14 Å². The highest BCUT2D eigenvalue weighted by atomic mass is 32.2. The molecule has 3 aromatic carbocycles. The Hall–Kier alpha value is -3.16. The molecular weight excluding hydrogens is 398 g/mol. The molecule has 30 heavy (non-hydrogen) atoms. The van der Waals surface area contributed by atoms with E-state index in [4.69, 9.17) is 10.9 Å². The summed E-state index contributed by atoms with van der Waals surface area (Å²) in [6.45, 7) is 7.33. The van der Waals surface area contributed by atoms with Gasteiger partial charge in [0.05, 0.1) is 4.90 Å². The molecule has 0 saturated carbocycles. The summed E-state index contributed by atoms with van der Waals surface area (Å²) in [5.41, 5.74) is 10.4. The molecule has 7 heteroatoms. The number of carbonyl (C=O) groups excluding carboxylic acids is 1. The lowest BCUT2D eigenvalue weighted by Gasteiger charge is -2.01. The monoisotopic (exact) mass is 427 g/mol. The minimum absolute atomic E-state index is 0.0319. The van der Waals surface area contributed by atoms with E-state index < -0.39 is 10.0 Å². The maximum absolute atomic E-state index is 10.8. The molecule has 0 bridgehead atoms. The van der Waals surface area contributed by atoms with Crippen molar-refractivity contribution in [2.45, 2.75) is 32.6 Å². The van der Waals surface area contributed by atoms with E-state index in [0.717, 1.165) is 22.5 Å². The maximum atomic E-state index is 10.8. The third-order valence-corrected chi connectivity index (χ3v) is 4.61. The Bertz CT molecular complexity index is 1060. The third-order valence-electron chi connectivity index (χ3n) is 3.70. The number of primary sulfonamides is 1. The van der Waals surface area contributed by atoms with Gasteiger partial charge in [-0.2, -0.15) is 0 Å². The number of benzene rings is 3. The summed E-state index contributed by atoms with van der Waals surface area (Å²) in [6, 6.07) is 22.0. The average Bonchev–Trinajstić information content (AvgIpc) is 2.61. The van der Waals surface area contributed by atoms with Crippen LogP contribution >= 0.6 is 0 Å². The lowest BCUT2D eigenvalue weighted by molar-refractivity contribution is -0.114. The van der Waals surface area contributed by atoms with Gasteiger partial charge in [-0.05, 0) is 73.9 Å². The van der Waals surface area contributed by atoms with Crippen LogP contribution in [0.4, 0.5) is 11.4 Å². The number of rotatable bonds is 2. The van der Waals surface area contributed by atoms with Gasteiger partial charge in [-0.3, -0.25) is 4.79 Å². The molecule has 3 aromatic rings. The molecule has 0 fully saturated rings. The largest absolute Gasteiger partial charge is 0.399 e. The molecular formula is C23H29N3O3S. The van der Waals surface area contributed by atoms with E-state index in [-0.39, 0.29) is 10.8 Å². The highest BCUT2D eigenvalue weighted by Crippen LogP contribution is 2.09. The van der Waals surface area contributed by atoms with Gasteiger partial charge in [0.15, 0.2) is 0 Å². The molecule has 5 N–H and O–H groups in total. The smallest absolute Gasteiger partial charge is 0.238 e. The molecule has 160 valence electrons. The molecule has 0 radical (unpaired) electrons. The number of carbonyl (C=O) groups is 1.